The number of hydrazone groups is 1. The molecule has 1 aliphatic rings. The highest BCUT2D eigenvalue weighted by Crippen LogP contribution is 2.37. The summed E-state index contributed by atoms with van der Waals surface area (Å²) >= 11 is 15.8. The number of amides is 1. The quantitative estimate of drug-likeness (QED) is 0.203. The molecule has 0 spiro atoms. The molecule has 9 heteroatoms. The molecule has 0 unspecified atom stereocenters. The first-order valence-corrected chi connectivity index (χ1v) is 14.4. The Labute approximate surface area is 254 Å². The number of carbonyl (C=O) groups is 1. The molecule has 1 atom stereocenters. The SMILES string of the molecule is O=C(COc1ccc(Cl)cc1Cl)N1N=C(c2c(-c3ccccc3)c3cc(Br)ccc3[nH]c2=O)C[C@@H]1c1ccccc1. The van der Waals surface area contributed by atoms with Gasteiger partial charge in [-0.1, -0.05) is 99.8 Å². The number of pyridine rings is 1. The minimum absolute atomic E-state index is 0.275. The summed E-state index contributed by atoms with van der Waals surface area (Å²) in [4.78, 5) is 30.3. The second-order valence-electron chi connectivity index (χ2n) is 9.54. The van der Waals surface area contributed by atoms with Gasteiger partial charge in [-0.25, -0.2) is 5.01 Å². The largest absolute Gasteiger partial charge is 0.482 e. The van der Waals surface area contributed by atoms with Crippen molar-refractivity contribution in [2.24, 2.45) is 5.10 Å². The van der Waals surface area contributed by atoms with Gasteiger partial charge in [-0.05, 0) is 47.5 Å². The van der Waals surface area contributed by atoms with Crippen molar-refractivity contribution in [1.82, 2.24) is 9.99 Å². The van der Waals surface area contributed by atoms with E-state index in [0.29, 0.717) is 39.0 Å². The number of ether oxygens (including phenoxy) is 1. The van der Waals surface area contributed by atoms with Crippen LogP contribution in [0.15, 0.2) is 111 Å². The maximum atomic E-state index is 13.7. The van der Waals surface area contributed by atoms with Gasteiger partial charge >= 0.3 is 0 Å². The third-order valence-corrected chi connectivity index (χ3v) is 7.95. The Hall–Kier alpha value is -3.91. The highest BCUT2D eigenvalue weighted by atomic mass is 79.9. The number of hydrogen-bond donors (Lipinski definition) is 1. The van der Waals surface area contributed by atoms with Gasteiger partial charge in [0.1, 0.15) is 5.75 Å². The van der Waals surface area contributed by atoms with Gasteiger partial charge in [0.05, 0.1) is 22.3 Å². The molecule has 1 amide bonds. The summed E-state index contributed by atoms with van der Waals surface area (Å²) in [7, 11) is 0. The van der Waals surface area contributed by atoms with Crippen molar-refractivity contribution in [2.45, 2.75) is 12.5 Å². The Morgan fingerprint density at radius 2 is 1.68 bits per heavy atom. The average molecular weight is 647 g/mol. The minimum Gasteiger partial charge on any atom is -0.482 e. The lowest BCUT2D eigenvalue weighted by Gasteiger charge is -2.22. The number of nitrogens with one attached hydrogen (secondary N) is 1. The Bertz CT molecular complexity index is 1860. The van der Waals surface area contributed by atoms with E-state index in [-0.39, 0.29) is 18.1 Å². The van der Waals surface area contributed by atoms with Crippen LogP contribution in [0.25, 0.3) is 22.0 Å². The number of halogens is 3. The van der Waals surface area contributed by atoms with Crippen molar-refractivity contribution in [3.05, 3.63) is 133 Å². The van der Waals surface area contributed by atoms with Gasteiger partial charge in [-0.15, -0.1) is 0 Å². The standard InChI is InChI=1S/C32H22BrCl2N3O3/c33-21-11-13-25-23(15-21)30(20-9-5-2-6-10-20)31(32(40)36-25)26-17-27(19-7-3-1-4-8-19)38(37-26)29(39)18-41-28-14-12-22(34)16-24(28)35/h1-16,27H,17-18H2,(H,36,40)/t27-/m1/s1. The van der Waals surface area contributed by atoms with Crippen LogP contribution < -0.4 is 10.3 Å². The molecule has 41 heavy (non-hydrogen) atoms. The maximum absolute atomic E-state index is 13.7. The summed E-state index contributed by atoms with van der Waals surface area (Å²) in [6.45, 7) is -0.298. The number of aromatic amines is 1. The van der Waals surface area contributed by atoms with E-state index in [1.165, 1.54) is 5.01 Å². The summed E-state index contributed by atoms with van der Waals surface area (Å²) in [5, 5.41) is 7.82. The van der Waals surface area contributed by atoms with Gasteiger partial charge in [0.2, 0.25) is 0 Å². The molecule has 6 rings (SSSR count). The van der Waals surface area contributed by atoms with Crippen molar-refractivity contribution in [1.29, 1.82) is 0 Å². The second-order valence-corrected chi connectivity index (χ2v) is 11.3. The lowest BCUT2D eigenvalue weighted by Crippen LogP contribution is -2.31. The number of rotatable bonds is 6. The van der Waals surface area contributed by atoms with Gasteiger partial charge in [0, 0.05) is 32.4 Å². The third kappa shape index (κ3) is 5.53. The number of H-pyrrole nitrogens is 1. The number of fused-ring (bicyclic) bond motifs is 1. The summed E-state index contributed by atoms with van der Waals surface area (Å²) in [5.74, 6) is -0.0342. The van der Waals surface area contributed by atoms with Crippen LogP contribution in [0.4, 0.5) is 0 Å². The molecule has 0 radical (unpaired) electrons. The molecule has 0 saturated carbocycles. The first-order valence-electron chi connectivity index (χ1n) is 12.8. The number of carbonyl (C=O) groups excluding carboxylic acids is 1. The number of benzene rings is 4. The monoisotopic (exact) mass is 645 g/mol. The molecule has 6 nitrogen and oxygen atoms in total. The van der Waals surface area contributed by atoms with E-state index in [1.807, 2.05) is 78.9 Å². The molecule has 4 aromatic carbocycles. The zero-order valence-corrected chi connectivity index (χ0v) is 24.6. The molecule has 0 saturated heterocycles. The molecule has 5 aromatic rings. The Morgan fingerprint density at radius 3 is 2.41 bits per heavy atom. The molecular formula is C32H22BrCl2N3O3. The number of aromatic nitrogens is 1. The summed E-state index contributed by atoms with van der Waals surface area (Å²) in [6.07, 6.45) is 0.347. The molecule has 0 bridgehead atoms. The topological polar surface area (TPSA) is 74.8 Å². The van der Waals surface area contributed by atoms with E-state index in [4.69, 9.17) is 33.0 Å². The first-order chi connectivity index (χ1) is 19.9. The van der Waals surface area contributed by atoms with Gasteiger partial charge in [-0.2, -0.15) is 5.10 Å². The van der Waals surface area contributed by atoms with Crippen molar-refractivity contribution >= 4 is 61.7 Å². The van der Waals surface area contributed by atoms with Gasteiger partial charge in [0.15, 0.2) is 6.61 Å². The zero-order chi connectivity index (χ0) is 28.5. The molecule has 1 N–H and O–H groups in total. The van der Waals surface area contributed by atoms with E-state index in [2.05, 4.69) is 20.9 Å². The van der Waals surface area contributed by atoms with Crippen molar-refractivity contribution in [2.75, 3.05) is 6.61 Å². The predicted octanol–water partition coefficient (Wildman–Crippen LogP) is 8.02. The zero-order valence-electron chi connectivity index (χ0n) is 21.5. The van der Waals surface area contributed by atoms with Crippen molar-refractivity contribution in [3.63, 3.8) is 0 Å². The van der Waals surface area contributed by atoms with E-state index < -0.39 is 6.04 Å². The molecule has 204 valence electrons. The van der Waals surface area contributed by atoms with Crippen LogP contribution in [0.1, 0.15) is 23.6 Å². The third-order valence-electron chi connectivity index (χ3n) is 6.92. The van der Waals surface area contributed by atoms with Gasteiger partial charge < -0.3 is 9.72 Å². The van der Waals surface area contributed by atoms with Gasteiger partial charge in [-0.3, -0.25) is 9.59 Å². The maximum Gasteiger partial charge on any atom is 0.281 e. The molecular weight excluding hydrogens is 625 g/mol. The lowest BCUT2D eigenvalue weighted by molar-refractivity contribution is -0.135. The van der Waals surface area contributed by atoms with E-state index >= 15 is 0 Å². The van der Waals surface area contributed by atoms with Crippen LogP contribution >= 0.6 is 39.1 Å². The summed E-state index contributed by atoms with van der Waals surface area (Å²) in [6, 6.07) is 29.5. The van der Waals surface area contributed by atoms with Crippen LogP contribution in [0, 0.1) is 0 Å². The summed E-state index contributed by atoms with van der Waals surface area (Å²) < 4.78 is 6.63. The Kier molecular flexibility index (Phi) is 7.67. The number of nitrogens with zero attached hydrogens (tertiary/aromatic N) is 2. The second kappa shape index (κ2) is 11.5. The normalized spacial score (nSPS) is 14.8. The predicted molar refractivity (Wildman–Crippen MR) is 167 cm³/mol. The van der Waals surface area contributed by atoms with Crippen LogP contribution in [0.5, 0.6) is 5.75 Å². The highest BCUT2D eigenvalue weighted by Gasteiger charge is 2.35. The average Bonchev–Trinajstić information content (AvgIpc) is 3.42. The fourth-order valence-electron chi connectivity index (χ4n) is 5.07. The highest BCUT2D eigenvalue weighted by molar-refractivity contribution is 9.10. The first kappa shape index (κ1) is 27.3. The van der Waals surface area contributed by atoms with E-state index in [0.717, 1.165) is 26.5 Å². The molecule has 1 aliphatic heterocycles. The van der Waals surface area contributed by atoms with Crippen molar-refractivity contribution < 1.29 is 9.53 Å². The molecule has 1 aromatic heterocycles. The summed E-state index contributed by atoms with van der Waals surface area (Å²) in [5.41, 5.74) is 3.91. The van der Waals surface area contributed by atoms with Crippen molar-refractivity contribution in [3.8, 4) is 16.9 Å². The molecule has 0 fully saturated rings. The fraction of sp³-hybridized carbons (Fsp3) is 0.0938. The Balaban J connectivity index is 1.45. The fourth-order valence-corrected chi connectivity index (χ4v) is 5.89. The van der Waals surface area contributed by atoms with E-state index in [9.17, 15) is 9.59 Å². The van der Waals surface area contributed by atoms with Crippen LogP contribution in [0.2, 0.25) is 10.0 Å². The van der Waals surface area contributed by atoms with E-state index in [1.54, 1.807) is 18.2 Å². The van der Waals surface area contributed by atoms with Crippen LogP contribution in [-0.2, 0) is 4.79 Å². The minimum atomic E-state index is -0.427. The lowest BCUT2D eigenvalue weighted by atomic mass is 9.91. The molecule has 2 heterocycles. The van der Waals surface area contributed by atoms with Crippen LogP contribution in [0.3, 0.4) is 0 Å². The van der Waals surface area contributed by atoms with Gasteiger partial charge in [0.25, 0.3) is 11.5 Å². The smallest absolute Gasteiger partial charge is 0.281 e. The molecule has 0 aliphatic carbocycles. The van der Waals surface area contributed by atoms with Crippen LogP contribution in [-0.4, -0.2) is 28.2 Å². The number of hydrogen-bond acceptors (Lipinski definition) is 4. The Morgan fingerprint density at radius 1 is 0.951 bits per heavy atom.